The van der Waals surface area contributed by atoms with Crippen LogP contribution in [0.3, 0.4) is 0 Å². The molecular weight excluding hydrogens is 378 g/mol. The number of carbonyl (C=O) groups excluding carboxylic acids is 2. The average Bonchev–Trinajstić information content (AvgIpc) is 2.54. The summed E-state index contributed by atoms with van der Waals surface area (Å²) < 4.78 is 14.0. The molecule has 138 valence electrons. The van der Waals surface area contributed by atoms with Crippen molar-refractivity contribution in [1.29, 1.82) is 0 Å². The molecule has 2 N–H and O–H groups in total. The van der Waals surface area contributed by atoms with Gasteiger partial charge in [-0.3, -0.25) is 9.59 Å². The van der Waals surface area contributed by atoms with E-state index in [4.69, 9.17) is 23.2 Å². The number of aryl methyl sites for hydroxylation is 1. The lowest BCUT2D eigenvalue weighted by atomic mass is 10.0. The molecule has 0 aliphatic carbocycles. The second-order valence-corrected chi connectivity index (χ2v) is 7.14. The van der Waals surface area contributed by atoms with Gasteiger partial charge in [0.2, 0.25) is 5.91 Å². The third kappa shape index (κ3) is 4.96. The summed E-state index contributed by atoms with van der Waals surface area (Å²) in [4.78, 5) is 25.0. The Bertz CT molecular complexity index is 840. The zero-order valence-electron chi connectivity index (χ0n) is 14.6. The van der Waals surface area contributed by atoms with E-state index in [1.165, 1.54) is 30.3 Å². The van der Waals surface area contributed by atoms with Gasteiger partial charge in [0.25, 0.3) is 5.91 Å². The van der Waals surface area contributed by atoms with E-state index in [9.17, 15) is 14.0 Å². The van der Waals surface area contributed by atoms with Crippen LogP contribution in [0.25, 0.3) is 0 Å². The lowest BCUT2D eigenvalue weighted by Crippen LogP contribution is -2.47. The third-order valence-corrected chi connectivity index (χ3v) is 4.34. The van der Waals surface area contributed by atoms with Crippen LogP contribution in [0.5, 0.6) is 0 Å². The minimum absolute atomic E-state index is 0.0602. The summed E-state index contributed by atoms with van der Waals surface area (Å²) in [7, 11) is 0. The highest BCUT2D eigenvalue weighted by Crippen LogP contribution is 2.22. The fourth-order valence-electron chi connectivity index (χ4n) is 2.36. The van der Waals surface area contributed by atoms with Crippen LogP contribution in [0.15, 0.2) is 36.4 Å². The Labute approximate surface area is 161 Å². The number of benzene rings is 2. The first-order chi connectivity index (χ1) is 12.2. The molecule has 2 rings (SSSR count). The fraction of sp³-hybridized carbons (Fsp3) is 0.263. The zero-order valence-corrected chi connectivity index (χ0v) is 16.1. The predicted octanol–water partition coefficient (Wildman–Crippen LogP) is 4.83. The van der Waals surface area contributed by atoms with Crippen molar-refractivity contribution >= 4 is 40.7 Å². The third-order valence-electron chi connectivity index (χ3n) is 3.79. The monoisotopic (exact) mass is 396 g/mol. The van der Waals surface area contributed by atoms with E-state index in [1.54, 1.807) is 26.8 Å². The van der Waals surface area contributed by atoms with Crippen molar-refractivity contribution < 1.29 is 14.0 Å². The second-order valence-electron chi connectivity index (χ2n) is 6.29. The van der Waals surface area contributed by atoms with Crippen LogP contribution >= 0.6 is 23.2 Å². The summed E-state index contributed by atoms with van der Waals surface area (Å²) in [6.45, 7) is 5.31. The van der Waals surface area contributed by atoms with Crippen molar-refractivity contribution in [3.05, 3.63) is 63.4 Å². The molecule has 2 amide bonds. The minimum atomic E-state index is -0.866. The molecule has 0 fully saturated rings. The Balaban J connectivity index is 2.17. The molecule has 0 aromatic heterocycles. The van der Waals surface area contributed by atoms with Crippen molar-refractivity contribution in [1.82, 2.24) is 5.32 Å². The molecule has 0 aliphatic rings. The van der Waals surface area contributed by atoms with Gasteiger partial charge in [0, 0.05) is 5.02 Å². The quantitative estimate of drug-likeness (QED) is 0.759. The Morgan fingerprint density at radius 1 is 1.08 bits per heavy atom. The number of amides is 2. The maximum atomic E-state index is 14.0. The smallest absolute Gasteiger partial charge is 0.253 e. The summed E-state index contributed by atoms with van der Waals surface area (Å²) in [5.41, 5.74) is 1.01. The first kappa shape index (κ1) is 20.2. The molecule has 7 heteroatoms. The maximum Gasteiger partial charge on any atom is 0.253 e. The van der Waals surface area contributed by atoms with E-state index in [0.717, 1.165) is 5.56 Å². The van der Waals surface area contributed by atoms with Gasteiger partial charge in [0.1, 0.15) is 11.9 Å². The number of hydrogen-bond acceptors (Lipinski definition) is 2. The van der Waals surface area contributed by atoms with E-state index in [2.05, 4.69) is 10.6 Å². The van der Waals surface area contributed by atoms with E-state index in [-0.39, 0.29) is 22.2 Å². The van der Waals surface area contributed by atoms with Crippen molar-refractivity contribution in [3.63, 3.8) is 0 Å². The molecule has 0 unspecified atom stereocenters. The second kappa shape index (κ2) is 8.52. The minimum Gasteiger partial charge on any atom is -0.340 e. The van der Waals surface area contributed by atoms with Gasteiger partial charge < -0.3 is 10.6 Å². The Morgan fingerprint density at radius 2 is 1.77 bits per heavy atom. The molecule has 2 aromatic carbocycles. The largest absolute Gasteiger partial charge is 0.340 e. The van der Waals surface area contributed by atoms with Gasteiger partial charge in [-0.1, -0.05) is 43.1 Å². The molecule has 0 spiro atoms. The van der Waals surface area contributed by atoms with Crippen LogP contribution in [-0.2, 0) is 4.79 Å². The Morgan fingerprint density at radius 3 is 2.35 bits per heavy atom. The van der Waals surface area contributed by atoms with Gasteiger partial charge in [0.05, 0.1) is 16.3 Å². The average molecular weight is 397 g/mol. The standard InChI is InChI=1S/C19H19Cl2FN2O2/c1-10(2)17(19(26)23-16-7-4-11(3)8-15(16)22)24-18(25)13-6-5-12(20)9-14(13)21/h4-10,17H,1-3H3,(H,23,26)(H,24,25)/t17-/m0/s1. The lowest BCUT2D eigenvalue weighted by molar-refractivity contribution is -0.118. The van der Waals surface area contributed by atoms with Gasteiger partial charge in [-0.25, -0.2) is 4.39 Å². The molecule has 0 heterocycles. The fourth-order valence-corrected chi connectivity index (χ4v) is 2.85. The van der Waals surface area contributed by atoms with Gasteiger partial charge in [-0.05, 0) is 48.7 Å². The highest BCUT2D eigenvalue weighted by Gasteiger charge is 2.26. The van der Waals surface area contributed by atoms with E-state index < -0.39 is 23.7 Å². The van der Waals surface area contributed by atoms with E-state index in [1.807, 2.05) is 0 Å². The predicted molar refractivity (Wildman–Crippen MR) is 102 cm³/mol. The molecule has 1 atom stereocenters. The maximum absolute atomic E-state index is 14.0. The summed E-state index contributed by atoms with van der Waals surface area (Å²) in [5.74, 6) is -1.78. The SMILES string of the molecule is Cc1ccc(NC(=O)[C@@H](NC(=O)c2ccc(Cl)cc2Cl)C(C)C)c(F)c1. The molecule has 0 saturated heterocycles. The summed E-state index contributed by atoms with van der Waals surface area (Å²) >= 11 is 11.9. The van der Waals surface area contributed by atoms with Crippen LogP contribution in [0, 0.1) is 18.7 Å². The molecular formula is C19H19Cl2FN2O2. The molecule has 26 heavy (non-hydrogen) atoms. The topological polar surface area (TPSA) is 58.2 Å². The molecule has 0 radical (unpaired) electrons. The number of anilines is 1. The van der Waals surface area contributed by atoms with Crippen molar-refractivity contribution in [2.45, 2.75) is 26.8 Å². The van der Waals surface area contributed by atoms with Gasteiger partial charge >= 0.3 is 0 Å². The number of rotatable bonds is 5. The number of halogens is 3. The van der Waals surface area contributed by atoms with Crippen molar-refractivity contribution in [2.75, 3.05) is 5.32 Å². The van der Waals surface area contributed by atoms with Crippen LogP contribution < -0.4 is 10.6 Å². The van der Waals surface area contributed by atoms with E-state index in [0.29, 0.717) is 5.02 Å². The number of nitrogens with one attached hydrogen (secondary N) is 2. The Hall–Kier alpha value is -2.11. The molecule has 0 aliphatic heterocycles. The van der Waals surface area contributed by atoms with Crippen molar-refractivity contribution in [3.8, 4) is 0 Å². The molecule has 2 aromatic rings. The summed E-state index contributed by atoms with van der Waals surface area (Å²) in [6.07, 6.45) is 0. The summed E-state index contributed by atoms with van der Waals surface area (Å²) in [5, 5.41) is 5.74. The summed E-state index contributed by atoms with van der Waals surface area (Å²) in [6, 6.07) is 8.10. The van der Waals surface area contributed by atoms with Crippen LogP contribution in [-0.4, -0.2) is 17.9 Å². The van der Waals surface area contributed by atoms with Crippen LogP contribution in [0.2, 0.25) is 10.0 Å². The van der Waals surface area contributed by atoms with Gasteiger partial charge in [-0.2, -0.15) is 0 Å². The van der Waals surface area contributed by atoms with E-state index >= 15 is 0 Å². The first-order valence-corrected chi connectivity index (χ1v) is 8.77. The van der Waals surface area contributed by atoms with Crippen molar-refractivity contribution in [2.24, 2.45) is 5.92 Å². The van der Waals surface area contributed by atoms with Crippen LogP contribution in [0.1, 0.15) is 29.8 Å². The highest BCUT2D eigenvalue weighted by atomic mass is 35.5. The van der Waals surface area contributed by atoms with Gasteiger partial charge in [0.15, 0.2) is 0 Å². The number of carbonyl (C=O) groups is 2. The molecule has 4 nitrogen and oxygen atoms in total. The number of hydrogen-bond donors (Lipinski definition) is 2. The Kier molecular flexibility index (Phi) is 6.62. The highest BCUT2D eigenvalue weighted by molar-refractivity contribution is 6.36. The molecule has 0 bridgehead atoms. The first-order valence-electron chi connectivity index (χ1n) is 8.02. The normalized spacial score (nSPS) is 12.0. The van der Waals surface area contributed by atoms with Crippen LogP contribution in [0.4, 0.5) is 10.1 Å². The van der Waals surface area contributed by atoms with Gasteiger partial charge in [-0.15, -0.1) is 0 Å². The lowest BCUT2D eigenvalue weighted by Gasteiger charge is -2.22. The molecule has 0 saturated carbocycles. The zero-order chi connectivity index (χ0) is 19.4.